The van der Waals surface area contributed by atoms with Crippen molar-refractivity contribution in [2.24, 2.45) is 0 Å². The average Bonchev–Trinajstić information content (AvgIpc) is 2.45. The highest BCUT2D eigenvalue weighted by molar-refractivity contribution is 5.96. The fourth-order valence-electron chi connectivity index (χ4n) is 1.77. The Bertz CT molecular complexity index is 461. The van der Waals surface area contributed by atoms with E-state index >= 15 is 0 Å². The molecule has 0 bridgehead atoms. The van der Waals surface area contributed by atoms with Crippen LogP contribution in [-0.4, -0.2) is 31.6 Å². The van der Waals surface area contributed by atoms with E-state index in [0.717, 1.165) is 25.9 Å². The number of unbranched alkanes of at least 4 members (excludes halogenated alkanes) is 1. The van der Waals surface area contributed by atoms with Gasteiger partial charge in [-0.2, -0.15) is 0 Å². The van der Waals surface area contributed by atoms with Crippen molar-refractivity contribution in [1.82, 2.24) is 5.32 Å². The summed E-state index contributed by atoms with van der Waals surface area (Å²) in [5.74, 6) is -0.299. The summed E-state index contributed by atoms with van der Waals surface area (Å²) < 4.78 is 5.43. The van der Waals surface area contributed by atoms with Crippen molar-refractivity contribution in [3.8, 4) is 0 Å². The normalized spacial score (nSPS) is 10.2. The van der Waals surface area contributed by atoms with E-state index in [1.54, 1.807) is 24.3 Å². The maximum Gasteiger partial charge on any atom is 0.251 e. The molecule has 0 unspecified atom stereocenters. The lowest BCUT2D eigenvalue weighted by Gasteiger charge is -2.08. The number of nitrogens with one attached hydrogen (secondary N) is 2. The van der Waals surface area contributed by atoms with E-state index in [4.69, 9.17) is 4.74 Å². The highest BCUT2D eigenvalue weighted by Gasteiger charge is 2.06. The third kappa shape index (κ3) is 7.46. The Balaban J connectivity index is 2.30. The smallest absolute Gasteiger partial charge is 0.251 e. The number of amides is 2. The fourth-order valence-corrected chi connectivity index (χ4v) is 1.77. The van der Waals surface area contributed by atoms with Crippen LogP contribution in [0.2, 0.25) is 0 Å². The van der Waals surface area contributed by atoms with Gasteiger partial charge in [0.2, 0.25) is 5.91 Å². The van der Waals surface area contributed by atoms with Crippen LogP contribution in [0.25, 0.3) is 0 Å². The van der Waals surface area contributed by atoms with E-state index in [0.29, 0.717) is 24.4 Å². The molecule has 1 aromatic carbocycles. The Labute approximate surface area is 126 Å². The van der Waals surface area contributed by atoms with Gasteiger partial charge >= 0.3 is 0 Å². The first-order chi connectivity index (χ1) is 10.1. The van der Waals surface area contributed by atoms with Crippen LogP contribution in [0.4, 0.5) is 5.69 Å². The molecule has 2 amide bonds. The summed E-state index contributed by atoms with van der Waals surface area (Å²) in [7, 11) is 0. The van der Waals surface area contributed by atoms with Crippen molar-refractivity contribution < 1.29 is 14.3 Å². The summed E-state index contributed by atoms with van der Waals surface area (Å²) in [6.45, 7) is 5.58. The van der Waals surface area contributed by atoms with Crippen molar-refractivity contribution in [2.45, 2.75) is 33.1 Å². The molecule has 0 saturated heterocycles. The van der Waals surface area contributed by atoms with Crippen LogP contribution in [0, 0.1) is 0 Å². The molecule has 1 aromatic rings. The van der Waals surface area contributed by atoms with Gasteiger partial charge in [0.1, 0.15) is 0 Å². The zero-order valence-electron chi connectivity index (χ0n) is 12.8. The molecule has 5 heteroatoms. The van der Waals surface area contributed by atoms with Crippen LogP contribution in [0.3, 0.4) is 0 Å². The van der Waals surface area contributed by atoms with E-state index in [1.807, 2.05) is 0 Å². The molecule has 0 radical (unpaired) electrons. The standard InChI is InChI=1S/C16H24N2O3/c1-3-4-10-21-11-6-9-17-16(20)14-7-5-8-15(12-14)18-13(2)19/h5,7-8,12H,3-4,6,9-11H2,1-2H3,(H,17,20)(H,18,19). The molecular weight excluding hydrogens is 268 g/mol. The summed E-state index contributed by atoms with van der Waals surface area (Å²) in [6.07, 6.45) is 2.99. The first kappa shape index (κ1) is 17.2. The largest absolute Gasteiger partial charge is 0.381 e. The summed E-state index contributed by atoms with van der Waals surface area (Å²) in [4.78, 5) is 22.9. The highest BCUT2D eigenvalue weighted by atomic mass is 16.5. The lowest BCUT2D eigenvalue weighted by atomic mass is 10.2. The number of carbonyl (C=O) groups is 2. The molecule has 0 aromatic heterocycles. The van der Waals surface area contributed by atoms with Gasteiger partial charge in [0.25, 0.3) is 5.91 Å². The summed E-state index contributed by atoms with van der Waals surface area (Å²) >= 11 is 0. The van der Waals surface area contributed by atoms with Crippen molar-refractivity contribution in [3.05, 3.63) is 29.8 Å². The van der Waals surface area contributed by atoms with Crippen LogP contribution in [0.1, 0.15) is 43.5 Å². The number of rotatable bonds is 9. The van der Waals surface area contributed by atoms with Crippen LogP contribution >= 0.6 is 0 Å². The summed E-state index contributed by atoms with van der Waals surface area (Å²) in [5.41, 5.74) is 1.16. The SMILES string of the molecule is CCCCOCCCNC(=O)c1cccc(NC(C)=O)c1. The van der Waals surface area contributed by atoms with E-state index in [2.05, 4.69) is 17.6 Å². The quantitative estimate of drug-likeness (QED) is 0.687. The second kappa shape index (κ2) is 9.94. The summed E-state index contributed by atoms with van der Waals surface area (Å²) in [5, 5.41) is 5.50. The monoisotopic (exact) mass is 292 g/mol. The van der Waals surface area contributed by atoms with E-state index in [1.165, 1.54) is 6.92 Å². The third-order valence-electron chi connectivity index (χ3n) is 2.84. The topological polar surface area (TPSA) is 67.4 Å². The number of hydrogen-bond donors (Lipinski definition) is 2. The Morgan fingerprint density at radius 1 is 1.19 bits per heavy atom. The molecule has 0 saturated carbocycles. The van der Waals surface area contributed by atoms with Gasteiger partial charge in [-0.15, -0.1) is 0 Å². The van der Waals surface area contributed by atoms with Gasteiger partial charge in [0, 0.05) is 37.9 Å². The van der Waals surface area contributed by atoms with E-state index in [-0.39, 0.29) is 11.8 Å². The predicted molar refractivity (Wildman–Crippen MR) is 83.4 cm³/mol. The minimum atomic E-state index is -0.156. The molecule has 0 spiro atoms. The van der Waals surface area contributed by atoms with Gasteiger partial charge in [-0.3, -0.25) is 9.59 Å². The van der Waals surface area contributed by atoms with Crippen LogP contribution in [0.5, 0.6) is 0 Å². The minimum absolute atomic E-state index is 0.143. The second-order valence-electron chi connectivity index (χ2n) is 4.84. The molecule has 0 aliphatic rings. The molecule has 0 heterocycles. The molecule has 0 aliphatic carbocycles. The van der Waals surface area contributed by atoms with Crippen molar-refractivity contribution in [3.63, 3.8) is 0 Å². The molecule has 2 N–H and O–H groups in total. The number of ether oxygens (including phenoxy) is 1. The van der Waals surface area contributed by atoms with Crippen molar-refractivity contribution in [2.75, 3.05) is 25.1 Å². The second-order valence-corrected chi connectivity index (χ2v) is 4.84. The Kier molecular flexibility index (Phi) is 8.12. The lowest BCUT2D eigenvalue weighted by molar-refractivity contribution is -0.114. The molecule has 1 rings (SSSR count). The van der Waals surface area contributed by atoms with Gasteiger partial charge in [-0.1, -0.05) is 19.4 Å². The van der Waals surface area contributed by atoms with Gasteiger partial charge < -0.3 is 15.4 Å². The fraction of sp³-hybridized carbons (Fsp3) is 0.500. The molecule has 0 aliphatic heterocycles. The zero-order valence-corrected chi connectivity index (χ0v) is 12.8. The molecule has 0 atom stereocenters. The molecule has 21 heavy (non-hydrogen) atoms. The first-order valence-electron chi connectivity index (χ1n) is 7.37. The van der Waals surface area contributed by atoms with E-state index < -0.39 is 0 Å². The van der Waals surface area contributed by atoms with Gasteiger partial charge in [0.05, 0.1) is 0 Å². The maximum atomic E-state index is 12.0. The third-order valence-corrected chi connectivity index (χ3v) is 2.84. The maximum absolute atomic E-state index is 12.0. The Morgan fingerprint density at radius 2 is 1.95 bits per heavy atom. The lowest BCUT2D eigenvalue weighted by Crippen LogP contribution is -2.25. The minimum Gasteiger partial charge on any atom is -0.381 e. The number of benzene rings is 1. The average molecular weight is 292 g/mol. The van der Waals surface area contributed by atoms with Gasteiger partial charge in [0.15, 0.2) is 0 Å². The molecule has 116 valence electrons. The first-order valence-corrected chi connectivity index (χ1v) is 7.37. The van der Waals surface area contributed by atoms with Crippen LogP contribution in [0.15, 0.2) is 24.3 Å². The van der Waals surface area contributed by atoms with Crippen molar-refractivity contribution in [1.29, 1.82) is 0 Å². The van der Waals surface area contributed by atoms with Gasteiger partial charge in [-0.05, 0) is 31.0 Å². The zero-order chi connectivity index (χ0) is 15.5. The molecular formula is C16H24N2O3. The van der Waals surface area contributed by atoms with Crippen LogP contribution < -0.4 is 10.6 Å². The molecule has 5 nitrogen and oxygen atoms in total. The highest BCUT2D eigenvalue weighted by Crippen LogP contribution is 2.10. The predicted octanol–water partition coefficient (Wildman–Crippen LogP) is 2.58. The number of hydrogen-bond acceptors (Lipinski definition) is 3. The van der Waals surface area contributed by atoms with Gasteiger partial charge in [-0.25, -0.2) is 0 Å². The van der Waals surface area contributed by atoms with E-state index in [9.17, 15) is 9.59 Å². The van der Waals surface area contributed by atoms with Crippen molar-refractivity contribution >= 4 is 17.5 Å². The Morgan fingerprint density at radius 3 is 2.67 bits per heavy atom. The Hall–Kier alpha value is -1.88. The number of anilines is 1. The summed E-state index contributed by atoms with van der Waals surface area (Å²) in [6, 6.07) is 6.88. The molecule has 0 fully saturated rings. The van der Waals surface area contributed by atoms with Crippen LogP contribution in [-0.2, 0) is 9.53 Å². The number of carbonyl (C=O) groups excluding carboxylic acids is 2.